The van der Waals surface area contributed by atoms with E-state index in [4.69, 9.17) is 5.11 Å². The summed E-state index contributed by atoms with van der Waals surface area (Å²) in [6.07, 6.45) is 4.11. The van der Waals surface area contributed by atoms with Gasteiger partial charge in [-0.3, -0.25) is 4.79 Å². The number of carboxylic acids is 1. The molecule has 0 unspecified atom stereocenters. The fourth-order valence-corrected chi connectivity index (χ4v) is 2.41. The van der Waals surface area contributed by atoms with Crippen molar-refractivity contribution in [2.24, 2.45) is 0 Å². The van der Waals surface area contributed by atoms with Gasteiger partial charge in [0.05, 0.1) is 0 Å². The molecular weight excluding hydrogens is 226 g/mol. The molecule has 96 valence electrons. The molecular formula is C15H19NO2. The Bertz CT molecular complexity index is 542. The van der Waals surface area contributed by atoms with Crippen molar-refractivity contribution in [3.63, 3.8) is 0 Å². The summed E-state index contributed by atoms with van der Waals surface area (Å²) in [6.45, 7) is 2.10. The number of para-hydroxylation sites is 1. The molecule has 1 aromatic carbocycles. The van der Waals surface area contributed by atoms with Crippen molar-refractivity contribution in [2.45, 2.75) is 39.0 Å². The Labute approximate surface area is 107 Å². The summed E-state index contributed by atoms with van der Waals surface area (Å²) in [5.41, 5.74) is 3.80. The van der Waals surface area contributed by atoms with Crippen LogP contribution in [0.25, 0.3) is 10.9 Å². The van der Waals surface area contributed by atoms with Crippen LogP contribution in [0, 0.1) is 6.92 Å². The lowest BCUT2D eigenvalue weighted by Gasteiger charge is -2.01. The molecule has 0 atom stereocenters. The summed E-state index contributed by atoms with van der Waals surface area (Å²) in [6, 6.07) is 8.33. The van der Waals surface area contributed by atoms with E-state index in [9.17, 15) is 4.79 Å². The molecule has 0 amide bonds. The number of unbranched alkanes of at least 4 members (excludes halogenated alkanes) is 2. The predicted octanol–water partition coefficient (Wildman–Crippen LogP) is 3.66. The second kappa shape index (κ2) is 5.71. The lowest BCUT2D eigenvalue weighted by atomic mass is 10.0. The molecule has 0 aliphatic carbocycles. The summed E-state index contributed by atoms with van der Waals surface area (Å²) in [5, 5.41) is 9.88. The zero-order chi connectivity index (χ0) is 13.0. The van der Waals surface area contributed by atoms with Gasteiger partial charge in [-0.15, -0.1) is 0 Å². The highest BCUT2D eigenvalue weighted by molar-refractivity contribution is 5.84. The quantitative estimate of drug-likeness (QED) is 0.763. The van der Waals surface area contributed by atoms with Crippen LogP contribution >= 0.6 is 0 Å². The van der Waals surface area contributed by atoms with Crippen LogP contribution in [0.4, 0.5) is 0 Å². The van der Waals surface area contributed by atoms with Crippen molar-refractivity contribution in [2.75, 3.05) is 0 Å². The third-order valence-electron chi connectivity index (χ3n) is 3.34. The molecule has 0 aliphatic rings. The molecule has 2 N–H and O–H groups in total. The van der Waals surface area contributed by atoms with Crippen LogP contribution < -0.4 is 0 Å². The summed E-state index contributed by atoms with van der Waals surface area (Å²) in [7, 11) is 0. The van der Waals surface area contributed by atoms with Gasteiger partial charge in [0.25, 0.3) is 0 Å². The van der Waals surface area contributed by atoms with E-state index in [0.717, 1.165) is 25.7 Å². The Morgan fingerprint density at radius 3 is 2.78 bits per heavy atom. The lowest BCUT2D eigenvalue weighted by Crippen LogP contribution is -1.94. The Balaban J connectivity index is 1.95. The number of H-pyrrole nitrogens is 1. The van der Waals surface area contributed by atoms with Crippen molar-refractivity contribution in [3.05, 3.63) is 35.5 Å². The fraction of sp³-hybridized carbons (Fsp3) is 0.400. The highest BCUT2D eigenvalue weighted by atomic mass is 16.4. The first-order chi connectivity index (χ1) is 8.68. The van der Waals surface area contributed by atoms with Crippen LogP contribution in [0.5, 0.6) is 0 Å². The molecule has 2 aromatic rings. The minimum Gasteiger partial charge on any atom is -0.481 e. The van der Waals surface area contributed by atoms with Crippen molar-refractivity contribution in [3.8, 4) is 0 Å². The number of carbonyl (C=O) groups is 1. The highest BCUT2D eigenvalue weighted by Crippen LogP contribution is 2.23. The van der Waals surface area contributed by atoms with E-state index in [-0.39, 0.29) is 6.42 Å². The minimum absolute atomic E-state index is 0.285. The lowest BCUT2D eigenvalue weighted by molar-refractivity contribution is -0.137. The van der Waals surface area contributed by atoms with Gasteiger partial charge >= 0.3 is 5.97 Å². The van der Waals surface area contributed by atoms with Gasteiger partial charge < -0.3 is 10.1 Å². The van der Waals surface area contributed by atoms with Gasteiger partial charge in [0.2, 0.25) is 0 Å². The Morgan fingerprint density at radius 1 is 1.22 bits per heavy atom. The molecule has 3 heteroatoms. The average molecular weight is 245 g/mol. The van der Waals surface area contributed by atoms with Crippen LogP contribution in [-0.2, 0) is 11.2 Å². The standard InChI is InChI=1S/C15H19NO2/c1-11-12(7-3-2-4-10-15(17)18)13-8-5-6-9-14(13)16-11/h5-6,8-9,16H,2-4,7,10H2,1H3,(H,17,18). The summed E-state index contributed by atoms with van der Waals surface area (Å²) < 4.78 is 0. The van der Waals surface area contributed by atoms with Gasteiger partial charge in [0, 0.05) is 23.0 Å². The van der Waals surface area contributed by atoms with Gasteiger partial charge in [-0.25, -0.2) is 0 Å². The third-order valence-corrected chi connectivity index (χ3v) is 3.34. The zero-order valence-electron chi connectivity index (χ0n) is 10.7. The van der Waals surface area contributed by atoms with Gasteiger partial charge in [-0.2, -0.15) is 0 Å². The molecule has 0 bridgehead atoms. The van der Waals surface area contributed by atoms with Gasteiger partial charge in [-0.1, -0.05) is 24.6 Å². The van der Waals surface area contributed by atoms with Gasteiger partial charge in [-0.05, 0) is 37.8 Å². The van der Waals surface area contributed by atoms with Crippen molar-refractivity contribution >= 4 is 16.9 Å². The van der Waals surface area contributed by atoms with E-state index in [1.807, 2.05) is 6.07 Å². The first-order valence-electron chi connectivity index (χ1n) is 6.46. The number of carboxylic acid groups (broad SMARTS) is 1. The van der Waals surface area contributed by atoms with Crippen LogP contribution in [0.1, 0.15) is 36.9 Å². The number of hydrogen-bond donors (Lipinski definition) is 2. The van der Waals surface area contributed by atoms with E-state index in [1.54, 1.807) is 0 Å². The molecule has 3 nitrogen and oxygen atoms in total. The van der Waals surface area contributed by atoms with Gasteiger partial charge in [0.1, 0.15) is 0 Å². The molecule has 0 aliphatic heterocycles. The number of aliphatic carboxylic acids is 1. The smallest absolute Gasteiger partial charge is 0.303 e. The molecule has 0 radical (unpaired) electrons. The van der Waals surface area contributed by atoms with E-state index in [2.05, 4.69) is 30.1 Å². The Morgan fingerprint density at radius 2 is 2.00 bits per heavy atom. The van der Waals surface area contributed by atoms with Crippen molar-refractivity contribution in [1.29, 1.82) is 0 Å². The molecule has 0 saturated carbocycles. The maximum absolute atomic E-state index is 10.4. The molecule has 1 heterocycles. The predicted molar refractivity (Wildman–Crippen MR) is 72.8 cm³/mol. The normalized spacial score (nSPS) is 10.9. The number of aryl methyl sites for hydroxylation is 2. The first kappa shape index (κ1) is 12.7. The summed E-state index contributed by atoms with van der Waals surface area (Å²) in [5.74, 6) is -0.696. The Kier molecular flexibility index (Phi) is 4.03. The summed E-state index contributed by atoms with van der Waals surface area (Å²) >= 11 is 0. The largest absolute Gasteiger partial charge is 0.481 e. The molecule has 1 aromatic heterocycles. The summed E-state index contributed by atoms with van der Waals surface area (Å²) in [4.78, 5) is 13.8. The minimum atomic E-state index is -0.696. The number of rotatable bonds is 6. The monoisotopic (exact) mass is 245 g/mol. The van der Waals surface area contributed by atoms with E-state index >= 15 is 0 Å². The molecule has 0 spiro atoms. The van der Waals surface area contributed by atoms with Crippen LogP contribution in [0.15, 0.2) is 24.3 Å². The fourth-order valence-electron chi connectivity index (χ4n) is 2.41. The average Bonchev–Trinajstić information content (AvgIpc) is 2.65. The van der Waals surface area contributed by atoms with Crippen LogP contribution in [0.2, 0.25) is 0 Å². The number of hydrogen-bond acceptors (Lipinski definition) is 1. The number of benzene rings is 1. The zero-order valence-corrected chi connectivity index (χ0v) is 10.7. The second-order valence-corrected chi connectivity index (χ2v) is 4.73. The third kappa shape index (κ3) is 2.92. The number of aromatic nitrogens is 1. The number of fused-ring (bicyclic) bond motifs is 1. The highest BCUT2D eigenvalue weighted by Gasteiger charge is 2.07. The molecule has 0 saturated heterocycles. The maximum Gasteiger partial charge on any atom is 0.303 e. The Hall–Kier alpha value is -1.77. The van der Waals surface area contributed by atoms with Crippen molar-refractivity contribution < 1.29 is 9.90 Å². The second-order valence-electron chi connectivity index (χ2n) is 4.73. The molecule has 0 fully saturated rings. The molecule has 2 rings (SSSR count). The van der Waals surface area contributed by atoms with Crippen LogP contribution in [0.3, 0.4) is 0 Å². The number of nitrogens with one attached hydrogen (secondary N) is 1. The van der Waals surface area contributed by atoms with Crippen molar-refractivity contribution in [1.82, 2.24) is 4.98 Å². The number of aromatic amines is 1. The first-order valence-corrected chi connectivity index (χ1v) is 6.46. The molecule has 18 heavy (non-hydrogen) atoms. The topological polar surface area (TPSA) is 53.1 Å². The van der Waals surface area contributed by atoms with Crippen LogP contribution in [-0.4, -0.2) is 16.1 Å². The van der Waals surface area contributed by atoms with E-state index < -0.39 is 5.97 Å². The SMILES string of the molecule is Cc1[nH]c2ccccc2c1CCCCCC(=O)O. The maximum atomic E-state index is 10.4. The van der Waals surface area contributed by atoms with Gasteiger partial charge in [0.15, 0.2) is 0 Å². The van der Waals surface area contributed by atoms with E-state index in [1.165, 1.54) is 22.2 Å². The van der Waals surface area contributed by atoms with E-state index in [0.29, 0.717) is 0 Å².